The molecule has 1 aromatic heterocycles. The zero-order valence-electron chi connectivity index (χ0n) is 10.5. The predicted molar refractivity (Wildman–Crippen MR) is 65.0 cm³/mol. The van der Waals surface area contributed by atoms with Gasteiger partial charge in [0.1, 0.15) is 5.82 Å². The predicted octanol–water partition coefficient (Wildman–Crippen LogP) is 1.08. The van der Waals surface area contributed by atoms with Crippen LogP contribution in [0.1, 0.15) is 12.8 Å². The summed E-state index contributed by atoms with van der Waals surface area (Å²) in [7, 11) is 3.12. The molecule has 0 spiro atoms. The molecule has 1 aliphatic carbocycles. The molecule has 6 nitrogen and oxygen atoms in total. The summed E-state index contributed by atoms with van der Waals surface area (Å²) in [6, 6.07) is 2.53. The lowest BCUT2D eigenvalue weighted by Crippen LogP contribution is -2.47. The van der Waals surface area contributed by atoms with E-state index < -0.39 is 0 Å². The van der Waals surface area contributed by atoms with Gasteiger partial charge in [-0.05, 0) is 12.8 Å². The summed E-state index contributed by atoms with van der Waals surface area (Å²) in [4.78, 5) is 8.34. The maximum Gasteiger partial charge on any atom is 0.321 e. The van der Waals surface area contributed by atoms with E-state index >= 15 is 0 Å². The molecule has 6 heteroatoms. The molecule has 1 aromatic rings. The number of hydrogen-bond donors (Lipinski definition) is 1. The van der Waals surface area contributed by atoms with E-state index in [2.05, 4.69) is 15.3 Å². The maximum absolute atomic E-state index is 5.59. The van der Waals surface area contributed by atoms with E-state index in [1.54, 1.807) is 20.3 Å². The van der Waals surface area contributed by atoms with Crippen LogP contribution in [0.3, 0.4) is 0 Å². The van der Waals surface area contributed by atoms with Crippen LogP contribution in [0.2, 0.25) is 0 Å². The van der Waals surface area contributed by atoms with Crippen LogP contribution >= 0.6 is 0 Å². The van der Waals surface area contributed by atoms with Crippen molar-refractivity contribution in [2.45, 2.75) is 25.0 Å². The number of methoxy groups -OCH3 is 2. The second-order valence-corrected chi connectivity index (χ2v) is 4.63. The fourth-order valence-electron chi connectivity index (χ4n) is 2.63. The summed E-state index contributed by atoms with van der Waals surface area (Å²) in [5.74, 6) is 1.86. The number of anilines is 1. The van der Waals surface area contributed by atoms with Gasteiger partial charge in [-0.25, -0.2) is 0 Å². The van der Waals surface area contributed by atoms with Crippen LogP contribution in [0.5, 0.6) is 11.9 Å². The summed E-state index contributed by atoms with van der Waals surface area (Å²) in [6.45, 7) is 0.879. The third-order valence-corrected chi connectivity index (χ3v) is 3.67. The van der Waals surface area contributed by atoms with Crippen LogP contribution in [0.4, 0.5) is 5.82 Å². The third-order valence-electron chi connectivity index (χ3n) is 3.67. The van der Waals surface area contributed by atoms with Gasteiger partial charge in [0.2, 0.25) is 5.88 Å². The van der Waals surface area contributed by atoms with Crippen LogP contribution in [-0.4, -0.2) is 42.9 Å². The zero-order valence-corrected chi connectivity index (χ0v) is 10.5. The molecule has 98 valence electrons. The lowest BCUT2D eigenvalue weighted by atomic mass is 9.76. The standard InChI is InChI=1S/C12H17N3O3/c1-16-11-6-10(14-12(15-11)17-2)13-8-5-9-7(8)3-4-18-9/h6-9H,3-5H2,1-2H3,(H,13,14,15)/t7-,8+,9+/m1/s1. The molecular formula is C12H17N3O3. The van der Waals surface area contributed by atoms with Crippen LogP contribution in [0, 0.1) is 5.92 Å². The summed E-state index contributed by atoms with van der Waals surface area (Å²) in [6.07, 6.45) is 2.61. The van der Waals surface area contributed by atoms with Gasteiger partial charge in [0.05, 0.1) is 20.3 Å². The average molecular weight is 251 g/mol. The molecule has 0 unspecified atom stereocenters. The fourth-order valence-corrected chi connectivity index (χ4v) is 2.63. The van der Waals surface area contributed by atoms with E-state index in [4.69, 9.17) is 14.2 Å². The van der Waals surface area contributed by atoms with Crippen LogP contribution in [0.15, 0.2) is 6.07 Å². The highest BCUT2D eigenvalue weighted by Crippen LogP contribution is 2.40. The quantitative estimate of drug-likeness (QED) is 0.864. The first-order chi connectivity index (χ1) is 8.80. The van der Waals surface area contributed by atoms with E-state index in [0.29, 0.717) is 30.0 Å². The Hall–Kier alpha value is -1.56. The lowest BCUT2D eigenvalue weighted by molar-refractivity contribution is 0.0246. The molecular weight excluding hydrogens is 234 g/mol. The Labute approximate surface area is 106 Å². The highest BCUT2D eigenvalue weighted by Gasteiger charge is 2.45. The third kappa shape index (κ3) is 1.96. The minimum absolute atomic E-state index is 0.315. The van der Waals surface area contributed by atoms with E-state index in [9.17, 15) is 0 Å². The van der Waals surface area contributed by atoms with Gasteiger partial charge < -0.3 is 19.5 Å². The van der Waals surface area contributed by atoms with Gasteiger partial charge in [0.15, 0.2) is 0 Å². The van der Waals surface area contributed by atoms with Crippen molar-refractivity contribution < 1.29 is 14.2 Å². The Morgan fingerprint density at radius 1 is 1.33 bits per heavy atom. The highest BCUT2D eigenvalue weighted by atomic mass is 16.5. The second-order valence-electron chi connectivity index (χ2n) is 4.63. The molecule has 1 aliphatic heterocycles. The van der Waals surface area contributed by atoms with Crippen molar-refractivity contribution >= 4 is 5.82 Å². The Bertz CT molecular complexity index is 418. The highest BCUT2D eigenvalue weighted by molar-refractivity contribution is 5.41. The molecule has 3 atom stereocenters. The molecule has 1 saturated heterocycles. The largest absolute Gasteiger partial charge is 0.481 e. The fraction of sp³-hybridized carbons (Fsp3) is 0.667. The molecule has 18 heavy (non-hydrogen) atoms. The number of rotatable bonds is 4. The molecule has 2 fully saturated rings. The van der Waals surface area contributed by atoms with Gasteiger partial charge in [-0.2, -0.15) is 9.97 Å². The van der Waals surface area contributed by atoms with E-state index in [-0.39, 0.29) is 0 Å². The van der Waals surface area contributed by atoms with Gasteiger partial charge in [0.25, 0.3) is 0 Å². The Balaban J connectivity index is 1.72. The van der Waals surface area contributed by atoms with Crippen molar-refractivity contribution in [1.82, 2.24) is 9.97 Å². The monoisotopic (exact) mass is 251 g/mol. The van der Waals surface area contributed by atoms with Crippen molar-refractivity contribution in [1.29, 1.82) is 0 Å². The minimum Gasteiger partial charge on any atom is -0.481 e. The first-order valence-electron chi connectivity index (χ1n) is 6.15. The topological polar surface area (TPSA) is 65.5 Å². The van der Waals surface area contributed by atoms with Gasteiger partial charge >= 0.3 is 6.01 Å². The van der Waals surface area contributed by atoms with Gasteiger partial charge in [-0.15, -0.1) is 0 Å². The van der Waals surface area contributed by atoms with Crippen molar-refractivity contribution in [3.63, 3.8) is 0 Å². The first-order valence-corrected chi connectivity index (χ1v) is 6.15. The Morgan fingerprint density at radius 2 is 2.22 bits per heavy atom. The average Bonchev–Trinajstić information content (AvgIpc) is 2.77. The smallest absolute Gasteiger partial charge is 0.321 e. The summed E-state index contributed by atoms with van der Waals surface area (Å²) in [5, 5.41) is 3.41. The van der Waals surface area contributed by atoms with Gasteiger partial charge in [-0.1, -0.05) is 0 Å². The Morgan fingerprint density at radius 3 is 2.94 bits per heavy atom. The number of hydrogen-bond acceptors (Lipinski definition) is 6. The molecule has 1 saturated carbocycles. The summed E-state index contributed by atoms with van der Waals surface area (Å²) >= 11 is 0. The molecule has 0 aromatic carbocycles. The van der Waals surface area contributed by atoms with Crippen molar-refractivity contribution in [2.75, 3.05) is 26.1 Å². The molecule has 3 rings (SSSR count). The molecule has 2 heterocycles. The van der Waals surface area contributed by atoms with Gasteiger partial charge in [-0.3, -0.25) is 0 Å². The van der Waals surface area contributed by atoms with Crippen molar-refractivity contribution in [3.05, 3.63) is 6.07 Å². The second kappa shape index (κ2) is 4.61. The number of ether oxygens (including phenoxy) is 3. The van der Waals surface area contributed by atoms with E-state index in [1.165, 1.54) is 0 Å². The number of nitrogens with one attached hydrogen (secondary N) is 1. The van der Waals surface area contributed by atoms with Gasteiger partial charge in [0, 0.05) is 24.6 Å². The van der Waals surface area contributed by atoms with Crippen LogP contribution < -0.4 is 14.8 Å². The Kier molecular flexibility index (Phi) is 2.95. The summed E-state index contributed by atoms with van der Waals surface area (Å²) in [5.41, 5.74) is 0. The number of nitrogens with zero attached hydrogens (tertiary/aromatic N) is 2. The zero-order chi connectivity index (χ0) is 12.5. The minimum atomic E-state index is 0.315. The van der Waals surface area contributed by atoms with E-state index in [0.717, 1.165) is 25.3 Å². The van der Waals surface area contributed by atoms with Crippen molar-refractivity contribution in [2.24, 2.45) is 5.92 Å². The first kappa shape index (κ1) is 11.5. The lowest BCUT2D eigenvalue weighted by Gasteiger charge is -2.39. The maximum atomic E-state index is 5.59. The molecule has 2 aliphatic rings. The van der Waals surface area contributed by atoms with E-state index in [1.807, 2.05) is 0 Å². The molecule has 0 bridgehead atoms. The molecule has 1 N–H and O–H groups in total. The number of fused-ring (bicyclic) bond motifs is 1. The normalized spacial score (nSPS) is 29.3. The van der Waals surface area contributed by atoms with Crippen LogP contribution in [0.25, 0.3) is 0 Å². The molecule has 0 amide bonds. The van der Waals surface area contributed by atoms with Crippen molar-refractivity contribution in [3.8, 4) is 11.9 Å². The van der Waals surface area contributed by atoms with Crippen LogP contribution in [-0.2, 0) is 4.74 Å². The SMILES string of the molecule is COc1cc(N[C@H]2C[C@@H]3OCC[C@H]23)nc(OC)n1. The summed E-state index contributed by atoms with van der Waals surface area (Å²) < 4.78 is 15.8. The molecule has 0 radical (unpaired) electrons. The number of aromatic nitrogens is 2.